The summed E-state index contributed by atoms with van der Waals surface area (Å²) in [5, 5.41) is 2.34. The second kappa shape index (κ2) is 7.82. The van der Waals surface area contributed by atoms with Gasteiger partial charge >= 0.3 is 0 Å². The molecule has 4 aromatic rings. The number of allylic oxidation sites excluding steroid dienone is 1. The molecule has 0 unspecified atom stereocenters. The summed E-state index contributed by atoms with van der Waals surface area (Å²) in [6.07, 6.45) is 1.82. The number of carbonyl (C=O) groups excluding carboxylic acids is 1. The number of rotatable bonds is 5. The third-order valence-corrected chi connectivity index (χ3v) is 5.62. The number of thiazole rings is 1. The Kier molecular flexibility index (Phi) is 5.08. The Morgan fingerprint density at radius 2 is 1.93 bits per heavy atom. The predicted molar refractivity (Wildman–Crippen MR) is 115 cm³/mol. The van der Waals surface area contributed by atoms with Gasteiger partial charge < -0.3 is 9.30 Å². The van der Waals surface area contributed by atoms with Crippen molar-refractivity contribution < 1.29 is 9.53 Å². The fourth-order valence-corrected chi connectivity index (χ4v) is 4.37. The lowest BCUT2D eigenvalue weighted by Gasteiger charge is -2.03. The molecule has 28 heavy (non-hydrogen) atoms. The van der Waals surface area contributed by atoms with Gasteiger partial charge in [-0.05, 0) is 42.6 Å². The van der Waals surface area contributed by atoms with E-state index < -0.39 is 0 Å². The summed E-state index contributed by atoms with van der Waals surface area (Å²) in [5.74, 6) is 0.478. The van der Waals surface area contributed by atoms with Crippen LogP contribution in [0.3, 0.4) is 0 Å². The molecular formula is C23H20N2O2S. The first-order chi connectivity index (χ1) is 13.7. The third-order valence-electron chi connectivity index (χ3n) is 4.49. The summed E-state index contributed by atoms with van der Waals surface area (Å²) in [5.41, 5.74) is 1.60. The van der Waals surface area contributed by atoms with E-state index in [0.717, 1.165) is 21.4 Å². The molecular weight excluding hydrogens is 368 g/mol. The Hall–Kier alpha value is -3.18. The lowest BCUT2D eigenvalue weighted by Crippen LogP contribution is -2.16. The number of carbonyl (C=O) groups is 1. The van der Waals surface area contributed by atoms with Crippen LogP contribution in [0.4, 0.5) is 0 Å². The number of hydrogen-bond acceptors (Lipinski definition) is 3. The molecule has 1 aromatic heterocycles. The number of nitrogens with zero attached hydrogens (tertiary/aromatic N) is 2. The molecule has 5 heteroatoms. The lowest BCUT2D eigenvalue weighted by atomic mass is 10.1. The van der Waals surface area contributed by atoms with Crippen LogP contribution >= 0.6 is 11.3 Å². The van der Waals surface area contributed by atoms with Crippen LogP contribution in [0.15, 0.2) is 78.3 Å². The molecule has 4 nitrogen and oxygen atoms in total. The molecule has 0 fully saturated rings. The second-order valence-electron chi connectivity index (χ2n) is 6.29. The van der Waals surface area contributed by atoms with Crippen LogP contribution in [-0.2, 0) is 6.54 Å². The fourth-order valence-electron chi connectivity index (χ4n) is 3.20. The van der Waals surface area contributed by atoms with Crippen molar-refractivity contribution in [2.24, 2.45) is 4.99 Å². The molecule has 0 radical (unpaired) electrons. The van der Waals surface area contributed by atoms with Crippen LogP contribution in [0.1, 0.15) is 17.3 Å². The van der Waals surface area contributed by atoms with Crippen molar-refractivity contribution in [3.8, 4) is 5.75 Å². The Labute approximate surface area is 167 Å². The molecule has 0 N–H and O–H groups in total. The van der Waals surface area contributed by atoms with E-state index in [4.69, 9.17) is 4.74 Å². The van der Waals surface area contributed by atoms with Gasteiger partial charge in [-0.2, -0.15) is 4.99 Å². The van der Waals surface area contributed by atoms with Crippen molar-refractivity contribution in [1.29, 1.82) is 0 Å². The van der Waals surface area contributed by atoms with E-state index in [1.54, 1.807) is 24.3 Å². The van der Waals surface area contributed by atoms with Gasteiger partial charge in [0.05, 0.1) is 16.8 Å². The van der Waals surface area contributed by atoms with Crippen molar-refractivity contribution in [1.82, 2.24) is 4.57 Å². The lowest BCUT2D eigenvalue weighted by molar-refractivity contribution is 0.0998. The van der Waals surface area contributed by atoms with E-state index in [-0.39, 0.29) is 5.91 Å². The van der Waals surface area contributed by atoms with E-state index in [0.29, 0.717) is 23.5 Å². The molecule has 0 bridgehead atoms. The summed E-state index contributed by atoms with van der Waals surface area (Å²) in [6, 6.07) is 19.5. The molecule has 0 spiro atoms. The first-order valence-corrected chi connectivity index (χ1v) is 9.97. The van der Waals surface area contributed by atoms with Gasteiger partial charge in [-0.25, -0.2) is 0 Å². The molecule has 1 heterocycles. The van der Waals surface area contributed by atoms with Crippen LogP contribution in [0, 0.1) is 0 Å². The highest BCUT2D eigenvalue weighted by Crippen LogP contribution is 2.27. The maximum absolute atomic E-state index is 12.7. The van der Waals surface area contributed by atoms with Gasteiger partial charge in [-0.1, -0.05) is 47.7 Å². The van der Waals surface area contributed by atoms with Gasteiger partial charge in [0.15, 0.2) is 4.80 Å². The fraction of sp³-hybridized carbons (Fsp3) is 0.130. The standard InChI is InChI=1S/C23H20N2O2S/c1-3-15-25-20-14-11-16-7-5-6-8-19(16)21(20)28-23(25)24-22(26)17-9-12-18(13-10-17)27-4-2/h3,5-14H,1,4,15H2,2H3. The average molecular weight is 388 g/mol. The average Bonchev–Trinajstić information content (AvgIpc) is 3.07. The number of hydrogen-bond donors (Lipinski definition) is 0. The molecule has 4 rings (SSSR count). The normalized spacial score (nSPS) is 11.8. The minimum absolute atomic E-state index is 0.267. The van der Waals surface area contributed by atoms with Gasteiger partial charge in [-0.3, -0.25) is 4.79 Å². The highest BCUT2D eigenvalue weighted by atomic mass is 32.1. The van der Waals surface area contributed by atoms with Gasteiger partial charge in [0, 0.05) is 17.5 Å². The SMILES string of the molecule is C=CCn1c(=NC(=O)c2ccc(OCC)cc2)sc2c3ccccc3ccc21. The van der Waals surface area contributed by atoms with E-state index in [1.807, 2.05) is 29.7 Å². The summed E-state index contributed by atoms with van der Waals surface area (Å²) >= 11 is 1.53. The number of fused-ring (bicyclic) bond motifs is 3. The van der Waals surface area contributed by atoms with Gasteiger partial charge in [-0.15, -0.1) is 6.58 Å². The summed E-state index contributed by atoms with van der Waals surface area (Å²) < 4.78 is 8.59. The minimum atomic E-state index is -0.267. The van der Waals surface area contributed by atoms with Crippen LogP contribution in [0.2, 0.25) is 0 Å². The Morgan fingerprint density at radius 3 is 2.68 bits per heavy atom. The van der Waals surface area contributed by atoms with Gasteiger partial charge in [0.2, 0.25) is 0 Å². The molecule has 1 amide bonds. The van der Waals surface area contributed by atoms with Crippen molar-refractivity contribution in [2.45, 2.75) is 13.5 Å². The van der Waals surface area contributed by atoms with Crippen LogP contribution in [0.25, 0.3) is 21.0 Å². The first kappa shape index (κ1) is 18.2. The highest BCUT2D eigenvalue weighted by Gasteiger charge is 2.11. The zero-order valence-electron chi connectivity index (χ0n) is 15.6. The summed E-state index contributed by atoms with van der Waals surface area (Å²) in [4.78, 5) is 17.8. The second-order valence-corrected chi connectivity index (χ2v) is 7.27. The Balaban J connectivity index is 1.84. The van der Waals surface area contributed by atoms with Crippen molar-refractivity contribution >= 4 is 38.2 Å². The van der Waals surface area contributed by atoms with Crippen molar-refractivity contribution in [2.75, 3.05) is 6.61 Å². The Bertz CT molecular complexity index is 1230. The monoisotopic (exact) mass is 388 g/mol. The minimum Gasteiger partial charge on any atom is -0.494 e. The van der Waals surface area contributed by atoms with Crippen LogP contribution < -0.4 is 9.54 Å². The Morgan fingerprint density at radius 1 is 1.14 bits per heavy atom. The maximum Gasteiger partial charge on any atom is 0.279 e. The van der Waals surface area contributed by atoms with Gasteiger partial charge in [0.25, 0.3) is 5.91 Å². The molecule has 0 atom stereocenters. The summed E-state index contributed by atoms with van der Waals surface area (Å²) in [6.45, 7) is 6.97. The zero-order chi connectivity index (χ0) is 19.5. The number of amides is 1. The molecule has 0 saturated heterocycles. The van der Waals surface area contributed by atoms with Crippen LogP contribution in [-0.4, -0.2) is 17.1 Å². The zero-order valence-corrected chi connectivity index (χ0v) is 16.4. The van der Waals surface area contributed by atoms with E-state index >= 15 is 0 Å². The van der Waals surface area contributed by atoms with E-state index in [9.17, 15) is 4.79 Å². The van der Waals surface area contributed by atoms with E-state index in [1.165, 1.54) is 16.7 Å². The van der Waals surface area contributed by atoms with Crippen molar-refractivity contribution in [3.63, 3.8) is 0 Å². The molecule has 0 saturated carbocycles. The molecule has 0 aliphatic heterocycles. The first-order valence-electron chi connectivity index (χ1n) is 9.15. The smallest absolute Gasteiger partial charge is 0.279 e. The van der Waals surface area contributed by atoms with Crippen molar-refractivity contribution in [3.05, 3.63) is 83.7 Å². The summed E-state index contributed by atoms with van der Waals surface area (Å²) in [7, 11) is 0. The van der Waals surface area contributed by atoms with Gasteiger partial charge in [0.1, 0.15) is 5.75 Å². The van der Waals surface area contributed by atoms with Crippen LogP contribution in [0.5, 0.6) is 5.75 Å². The third kappa shape index (κ3) is 3.37. The quantitative estimate of drug-likeness (QED) is 0.442. The maximum atomic E-state index is 12.7. The molecule has 0 aliphatic carbocycles. The number of benzene rings is 3. The largest absolute Gasteiger partial charge is 0.494 e. The van der Waals surface area contributed by atoms with E-state index in [2.05, 4.69) is 35.8 Å². The predicted octanol–water partition coefficient (Wildman–Crippen LogP) is 5.18. The highest BCUT2D eigenvalue weighted by molar-refractivity contribution is 7.17. The number of aromatic nitrogens is 1. The molecule has 140 valence electrons. The molecule has 0 aliphatic rings. The number of ether oxygens (including phenoxy) is 1. The topological polar surface area (TPSA) is 43.6 Å². The molecule has 3 aromatic carbocycles.